The second-order valence-electron chi connectivity index (χ2n) is 5.25. The van der Waals surface area contributed by atoms with Crippen LogP contribution in [0.25, 0.3) is 0 Å². The Balaban J connectivity index is 2.00. The Labute approximate surface area is 117 Å². The predicted molar refractivity (Wildman–Crippen MR) is 71.5 cm³/mol. The summed E-state index contributed by atoms with van der Waals surface area (Å²) in [4.78, 5) is 24.9. The van der Waals surface area contributed by atoms with E-state index in [0.29, 0.717) is 42.9 Å². The summed E-state index contributed by atoms with van der Waals surface area (Å²) >= 11 is 0. The smallest absolute Gasteiger partial charge is 0.303 e. The van der Waals surface area contributed by atoms with Gasteiger partial charge in [-0.25, -0.2) is 0 Å². The monoisotopic (exact) mass is 280 g/mol. The number of carbonyl (C=O) groups is 2. The zero-order valence-corrected chi connectivity index (χ0v) is 11.9. The number of carbonyl (C=O) groups excluding carboxylic acids is 1. The van der Waals surface area contributed by atoms with Gasteiger partial charge in [0.2, 0.25) is 0 Å². The number of aliphatic carboxylic acids is 1. The van der Waals surface area contributed by atoms with Crippen LogP contribution in [0.2, 0.25) is 0 Å². The number of amides is 1. The van der Waals surface area contributed by atoms with Crippen molar-refractivity contribution < 1.29 is 19.2 Å². The van der Waals surface area contributed by atoms with Crippen molar-refractivity contribution in [2.75, 3.05) is 13.1 Å². The summed E-state index contributed by atoms with van der Waals surface area (Å²) in [5, 5.41) is 12.6. The number of likely N-dealkylation sites (tertiary alicyclic amines) is 1. The van der Waals surface area contributed by atoms with Gasteiger partial charge in [-0.1, -0.05) is 12.1 Å². The first-order valence-electron chi connectivity index (χ1n) is 6.99. The first-order chi connectivity index (χ1) is 9.52. The average Bonchev–Trinajstić information content (AvgIpc) is 3.02. The average molecular weight is 280 g/mol. The highest BCUT2D eigenvalue weighted by atomic mass is 16.5. The van der Waals surface area contributed by atoms with Gasteiger partial charge in [-0.3, -0.25) is 9.59 Å². The second-order valence-corrected chi connectivity index (χ2v) is 5.25. The minimum Gasteiger partial charge on any atom is -0.481 e. The van der Waals surface area contributed by atoms with Gasteiger partial charge in [0.25, 0.3) is 5.91 Å². The fourth-order valence-electron chi connectivity index (χ4n) is 2.67. The van der Waals surface area contributed by atoms with Gasteiger partial charge < -0.3 is 14.5 Å². The van der Waals surface area contributed by atoms with E-state index in [2.05, 4.69) is 5.16 Å². The fourth-order valence-corrected chi connectivity index (χ4v) is 2.67. The molecular weight excluding hydrogens is 260 g/mol. The van der Waals surface area contributed by atoms with Crippen LogP contribution in [-0.2, 0) is 11.2 Å². The first kappa shape index (κ1) is 14.6. The van der Waals surface area contributed by atoms with E-state index in [1.807, 2.05) is 6.92 Å². The van der Waals surface area contributed by atoms with Crippen LogP contribution in [-0.4, -0.2) is 40.1 Å². The summed E-state index contributed by atoms with van der Waals surface area (Å²) in [6.07, 6.45) is 2.32. The third kappa shape index (κ3) is 3.00. The lowest BCUT2D eigenvalue weighted by Gasteiger charge is -2.16. The van der Waals surface area contributed by atoms with E-state index in [-0.39, 0.29) is 18.2 Å². The molecule has 1 atom stereocenters. The Kier molecular flexibility index (Phi) is 4.42. The highest BCUT2D eigenvalue weighted by molar-refractivity contribution is 5.96. The van der Waals surface area contributed by atoms with Gasteiger partial charge >= 0.3 is 5.97 Å². The maximum Gasteiger partial charge on any atom is 0.303 e. The van der Waals surface area contributed by atoms with Crippen molar-refractivity contribution in [3.05, 3.63) is 17.0 Å². The van der Waals surface area contributed by atoms with E-state index in [1.54, 1.807) is 11.8 Å². The molecule has 1 N–H and O–H groups in total. The third-order valence-corrected chi connectivity index (χ3v) is 3.82. The molecule has 1 saturated heterocycles. The number of hydrogen-bond donors (Lipinski definition) is 1. The molecule has 110 valence electrons. The fraction of sp³-hybridized carbons (Fsp3) is 0.643. The van der Waals surface area contributed by atoms with Gasteiger partial charge in [0.05, 0.1) is 5.69 Å². The molecule has 1 unspecified atom stereocenters. The Morgan fingerprint density at radius 2 is 2.25 bits per heavy atom. The molecule has 2 rings (SSSR count). The lowest BCUT2D eigenvalue weighted by atomic mass is 10.0. The van der Waals surface area contributed by atoms with E-state index >= 15 is 0 Å². The van der Waals surface area contributed by atoms with Gasteiger partial charge in [0, 0.05) is 19.5 Å². The van der Waals surface area contributed by atoms with E-state index in [1.165, 1.54) is 0 Å². The summed E-state index contributed by atoms with van der Waals surface area (Å²) in [5.74, 6) is 0.0116. The van der Waals surface area contributed by atoms with Gasteiger partial charge in [0.1, 0.15) is 11.3 Å². The maximum absolute atomic E-state index is 12.5. The number of nitrogens with zero attached hydrogens (tertiary/aromatic N) is 2. The van der Waals surface area contributed by atoms with Crippen molar-refractivity contribution in [3.63, 3.8) is 0 Å². The number of carboxylic acids is 1. The number of aromatic nitrogens is 1. The van der Waals surface area contributed by atoms with Crippen LogP contribution in [0, 0.1) is 12.8 Å². The molecule has 2 heterocycles. The zero-order valence-electron chi connectivity index (χ0n) is 11.9. The highest BCUT2D eigenvalue weighted by Gasteiger charge is 2.30. The molecule has 1 aromatic rings. The molecule has 0 aliphatic carbocycles. The Hall–Kier alpha value is -1.85. The third-order valence-electron chi connectivity index (χ3n) is 3.82. The SMILES string of the molecule is CCc1noc(C)c1C(=O)N1CCC(CCC(=O)O)C1. The first-order valence-corrected chi connectivity index (χ1v) is 6.99. The predicted octanol–water partition coefficient (Wildman–Crippen LogP) is 1.87. The van der Waals surface area contributed by atoms with Crippen molar-refractivity contribution in [3.8, 4) is 0 Å². The van der Waals surface area contributed by atoms with E-state index in [4.69, 9.17) is 9.63 Å². The molecule has 1 fully saturated rings. The van der Waals surface area contributed by atoms with Crippen molar-refractivity contribution in [1.82, 2.24) is 10.1 Å². The van der Waals surface area contributed by atoms with Crippen LogP contribution >= 0.6 is 0 Å². The molecule has 0 bridgehead atoms. The van der Waals surface area contributed by atoms with Crippen LogP contribution in [0.4, 0.5) is 0 Å². The van der Waals surface area contributed by atoms with Crippen LogP contribution in [0.15, 0.2) is 4.52 Å². The van der Waals surface area contributed by atoms with Crippen molar-refractivity contribution in [1.29, 1.82) is 0 Å². The highest BCUT2D eigenvalue weighted by Crippen LogP contribution is 2.25. The lowest BCUT2D eigenvalue weighted by Crippen LogP contribution is -2.29. The summed E-state index contributed by atoms with van der Waals surface area (Å²) in [5.41, 5.74) is 1.27. The van der Waals surface area contributed by atoms with Crippen LogP contribution in [0.1, 0.15) is 48.0 Å². The molecule has 0 aromatic carbocycles. The van der Waals surface area contributed by atoms with Gasteiger partial charge in [-0.15, -0.1) is 0 Å². The molecule has 0 radical (unpaired) electrons. The van der Waals surface area contributed by atoms with Crippen LogP contribution in [0.3, 0.4) is 0 Å². The number of hydrogen-bond acceptors (Lipinski definition) is 4. The molecular formula is C14H20N2O4. The standard InChI is InChI=1S/C14H20N2O4/c1-3-11-13(9(2)20-15-11)14(19)16-7-6-10(8-16)4-5-12(17)18/h10H,3-8H2,1-2H3,(H,17,18). The molecule has 1 aliphatic rings. The number of aryl methyl sites for hydroxylation is 2. The van der Waals surface area contributed by atoms with Gasteiger partial charge in [-0.05, 0) is 32.1 Å². The molecule has 6 nitrogen and oxygen atoms in total. The molecule has 0 saturated carbocycles. The summed E-state index contributed by atoms with van der Waals surface area (Å²) in [7, 11) is 0. The summed E-state index contributed by atoms with van der Waals surface area (Å²) in [6, 6.07) is 0. The zero-order chi connectivity index (χ0) is 14.7. The Morgan fingerprint density at radius 3 is 2.90 bits per heavy atom. The molecule has 6 heteroatoms. The number of carboxylic acid groups (broad SMARTS) is 1. The van der Waals surface area contributed by atoms with Crippen LogP contribution < -0.4 is 0 Å². The Bertz CT molecular complexity index is 509. The summed E-state index contributed by atoms with van der Waals surface area (Å²) < 4.78 is 5.10. The minimum atomic E-state index is -0.780. The van der Waals surface area contributed by atoms with Gasteiger partial charge in [-0.2, -0.15) is 0 Å². The number of rotatable bonds is 5. The normalized spacial score (nSPS) is 18.5. The molecule has 20 heavy (non-hydrogen) atoms. The van der Waals surface area contributed by atoms with E-state index in [0.717, 1.165) is 6.42 Å². The molecule has 0 spiro atoms. The van der Waals surface area contributed by atoms with Crippen LogP contribution in [0.5, 0.6) is 0 Å². The largest absolute Gasteiger partial charge is 0.481 e. The molecule has 1 aliphatic heterocycles. The minimum absolute atomic E-state index is 0.0431. The van der Waals surface area contributed by atoms with E-state index < -0.39 is 5.97 Å². The van der Waals surface area contributed by atoms with Crippen molar-refractivity contribution in [2.45, 2.75) is 39.5 Å². The lowest BCUT2D eigenvalue weighted by molar-refractivity contribution is -0.137. The second kappa shape index (κ2) is 6.07. The molecule has 1 amide bonds. The van der Waals surface area contributed by atoms with E-state index in [9.17, 15) is 9.59 Å². The van der Waals surface area contributed by atoms with Gasteiger partial charge in [0.15, 0.2) is 0 Å². The maximum atomic E-state index is 12.5. The topological polar surface area (TPSA) is 83.6 Å². The van der Waals surface area contributed by atoms with Crippen molar-refractivity contribution in [2.24, 2.45) is 5.92 Å². The summed E-state index contributed by atoms with van der Waals surface area (Å²) in [6.45, 7) is 4.99. The quantitative estimate of drug-likeness (QED) is 0.890. The Morgan fingerprint density at radius 1 is 1.50 bits per heavy atom. The molecule has 1 aromatic heterocycles. The van der Waals surface area contributed by atoms with Crippen molar-refractivity contribution >= 4 is 11.9 Å².